The highest BCUT2D eigenvalue weighted by Crippen LogP contribution is 2.58. The molecule has 0 N–H and O–H groups in total. The average molecular weight is 863 g/mol. The summed E-state index contributed by atoms with van der Waals surface area (Å²) in [6.07, 6.45) is 4.49. The first-order valence-corrected chi connectivity index (χ1v) is 23.8. The second kappa shape index (κ2) is 15.2. The van der Waals surface area contributed by atoms with Gasteiger partial charge in [0, 0.05) is 39.0 Å². The molecule has 0 amide bonds. The summed E-state index contributed by atoms with van der Waals surface area (Å²) in [6, 6.07) is 76.2. The van der Waals surface area contributed by atoms with E-state index in [2.05, 4.69) is 270 Å². The molecule has 3 aliphatic rings. The van der Waals surface area contributed by atoms with Crippen LogP contribution in [0.1, 0.15) is 86.1 Å². The van der Waals surface area contributed by atoms with Crippen molar-refractivity contribution >= 4 is 46.3 Å². The Morgan fingerprint density at radius 2 is 0.776 bits per heavy atom. The molecule has 0 atom stereocenters. The van der Waals surface area contributed by atoms with E-state index in [1.165, 1.54) is 95.0 Å². The summed E-state index contributed by atoms with van der Waals surface area (Å²) in [5, 5.41) is 0. The second-order valence-corrected chi connectivity index (χ2v) is 20.2. The van der Waals surface area contributed by atoms with Crippen LogP contribution < -0.4 is 9.80 Å². The monoisotopic (exact) mass is 862 g/mol. The molecular weight excluding hydrogens is 809 g/mol. The highest BCUT2D eigenvalue weighted by Gasteiger charge is 2.43. The van der Waals surface area contributed by atoms with Crippen LogP contribution in [0.5, 0.6) is 0 Å². The number of rotatable bonds is 7. The van der Waals surface area contributed by atoms with Crippen molar-refractivity contribution in [2.75, 3.05) is 9.80 Å². The molecule has 9 aromatic carbocycles. The lowest BCUT2D eigenvalue weighted by Crippen LogP contribution is -2.31. The quantitative estimate of drug-likeness (QED) is 0.147. The van der Waals surface area contributed by atoms with E-state index < -0.39 is 0 Å². The predicted molar refractivity (Wildman–Crippen MR) is 284 cm³/mol. The minimum atomic E-state index is -0.179. The summed E-state index contributed by atoms with van der Waals surface area (Å²) in [6.45, 7) is 14.4. The highest BCUT2D eigenvalue weighted by molar-refractivity contribution is 5.93. The van der Waals surface area contributed by atoms with Crippen LogP contribution in [0.25, 0.3) is 45.5 Å². The topological polar surface area (TPSA) is 6.48 Å². The maximum Gasteiger partial charge on any atom is 0.0506 e. The third-order valence-corrected chi connectivity index (χ3v) is 15.2. The van der Waals surface area contributed by atoms with Gasteiger partial charge in [-0.2, -0.15) is 0 Å². The molecule has 0 bridgehead atoms. The van der Waals surface area contributed by atoms with Gasteiger partial charge in [0.2, 0.25) is 0 Å². The minimum Gasteiger partial charge on any atom is -0.311 e. The molecule has 0 saturated heterocycles. The number of hydrogen-bond donors (Lipinski definition) is 0. The first-order chi connectivity index (χ1) is 32.5. The van der Waals surface area contributed by atoms with Crippen molar-refractivity contribution in [2.24, 2.45) is 0 Å². The van der Waals surface area contributed by atoms with E-state index in [1.807, 2.05) is 0 Å². The summed E-state index contributed by atoms with van der Waals surface area (Å²) < 4.78 is 0. The number of benzene rings is 9. The molecule has 0 saturated carbocycles. The first-order valence-electron chi connectivity index (χ1n) is 23.8. The molecule has 12 rings (SSSR count). The zero-order valence-electron chi connectivity index (χ0n) is 39.2. The third kappa shape index (κ3) is 6.45. The van der Waals surface area contributed by atoms with Crippen LogP contribution in [0.2, 0.25) is 0 Å². The molecule has 1 aliphatic heterocycles. The van der Waals surface area contributed by atoms with Gasteiger partial charge in [-0.05, 0) is 157 Å². The largest absolute Gasteiger partial charge is 0.311 e. The summed E-state index contributed by atoms with van der Waals surface area (Å²) in [7, 11) is 0. The smallest absolute Gasteiger partial charge is 0.0506 e. The first kappa shape index (κ1) is 40.8. The summed E-state index contributed by atoms with van der Waals surface area (Å²) in [5.74, 6) is 0. The Morgan fingerprint density at radius 1 is 0.328 bits per heavy atom. The number of hydrogen-bond acceptors (Lipinski definition) is 2. The van der Waals surface area contributed by atoms with Gasteiger partial charge in [0.1, 0.15) is 0 Å². The van der Waals surface area contributed by atoms with Gasteiger partial charge in [-0.1, -0.05) is 181 Å². The van der Waals surface area contributed by atoms with Gasteiger partial charge < -0.3 is 9.80 Å². The Balaban J connectivity index is 0.838. The zero-order valence-corrected chi connectivity index (χ0v) is 39.2. The Morgan fingerprint density at radius 3 is 1.39 bits per heavy atom. The molecule has 2 aliphatic carbocycles. The molecule has 9 aromatic rings. The molecule has 67 heavy (non-hydrogen) atoms. The van der Waals surface area contributed by atoms with Gasteiger partial charge in [-0.3, -0.25) is 0 Å². The molecule has 0 unspecified atom stereocenters. The summed E-state index contributed by atoms with van der Waals surface area (Å²) in [5.41, 5.74) is 25.2. The number of nitrogens with zero attached hydrogens (tertiary/aromatic N) is 2. The average Bonchev–Trinajstić information content (AvgIpc) is 3.72. The lowest BCUT2D eigenvalue weighted by atomic mass is 9.72. The van der Waals surface area contributed by atoms with E-state index in [0.29, 0.717) is 0 Å². The van der Waals surface area contributed by atoms with Crippen molar-refractivity contribution in [2.45, 2.75) is 57.8 Å². The van der Waals surface area contributed by atoms with Crippen LogP contribution in [0.3, 0.4) is 0 Å². The van der Waals surface area contributed by atoms with Gasteiger partial charge in [-0.25, -0.2) is 0 Å². The Bertz CT molecular complexity index is 3370. The number of anilines is 6. The fourth-order valence-corrected chi connectivity index (χ4v) is 11.5. The standard InChI is InChI=1S/C65H54N2/c1-63(2)55-24-16-17-25-61(55)67(49-22-14-9-15-23-49)62-42-59-54(41-60(62)63)53-37-32-46(40-58(53)65(59,5)6)45-31-36-52-51-35-30-44(38-56(51)64(3,4)57(52)39-45)27-26-43-28-33-50(34-29-43)66(47-18-10-7-11-19-47)48-20-12-8-13-21-48/h7-42H,1-6H3/b27-26+. The van der Waals surface area contributed by atoms with Crippen LogP contribution in [-0.4, -0.2) is 0 Å². The maximum atomic E-state index is 2.52. The van der Waals surface area contributed by atoms with Gasteiger partial charge in [-0.15, -0.1) is 0 Å². The fraction of sp³-hybridized carbons (Fsp3) is 0.138. The molecule has 1 heterocycles. The molecule has 0 spiro atoms. The van der Waals surface area contributed by atoms with E-state index in [0.717, 1.165) is 17.1 Å². The van der Waals surface area contributed by atoms with Crippen molar-refractivity contribution in [3.8, 4) is 33.4 Å². The third-order valence-electron chi connectivity index (χ3n) is 15.2. The van der Waals surface area contributed by atoms with Crippen molar-refractivity contribution in [3.05, 3.63) is 251 Å². The molecule has 324 valence electrons. The van der Waals surface area contributed by atoms with E-state index in [1.54, 1.807) is 0 Å². The lowest BCUT2D eigenvalue weighted by molar-refractivity contribution is 0.627. The number of para-hydroxylation sites is 4. The molecule has 0 fully saturated rings. The van der Waals surface area contributed by atoms with Gasteiger partial charge in [0.05, 0.1) is 11.4 Å². The van der Waals surface area contributed by atoms with Gasteiger partial charge >= 0.3 is 0 Å². The number of fused-ring (bicyclic) bond motifs is 8. The minimum absolute atomic E-state index is 0.148. The molecule has 0 aromatic heterocycles. The van der Waals surface area contributed by atoms with Crippen LogP contribution in [-0.2, 0) is 16.2 Å². The molecule has 0 radical (unpaired) electrons. The van der Waals surface area contributed by atoms with Crippen LogP contribution >= 0.6 is 0 Å². The Labute approximate surface area is 396 Å². The lowest BCUT2D eigenvalue weighted by Gasteiger charge is -2.42. The Kier molecular flexibility index (Phi) is 9.25. The summed E-state index contributed by atoms with van der Waals surface area (Å²) >= 11 is 0. The SMILES string of the molecule is CC1(C)c2cc(/C=C/c3ccc(N(c4ccccc4)c4ccccc4)cc3)ccc2-c2ccc(-c3ccc4c(c3)C(C)(C)c3cc5c(cc3-4)C(C)(C)c3ccccc3N5c3ccccc3)cc21. The molecular formula is C65H54N2. The predicted octanol–water partition coefficient (Wildman–Crippen LogP) is 17.7. The van der Waals surface area contributed by atoms with Crippen LogP contribution in [0, 0.1) is 0 Å². The van der Waals surface area contributed by atoms with E-state index in [9.17, 15) is 0 Å². The van der Waals surface area contributed by atoms with Crippen LogP contribution in [0.4, 0.5) is 34.1 Å². The van der Waals surface area contributed by atoms with Crippen molar-refractivity contribution in [1.82, 2.24) is 0 Å². The van der Waals surface area contributed by atoms with E-state index in [-0.39, 0.29) is 16.2 Å². The second-order valence-electron chi connectivity index (χ2n) is 20.2. The van der Waals surface area contributed by atoms with E-state index in [4.69, 9.17) is 0 Å². The van der Waals surface area contributed by atoms with E-state index >= 15 is 0 Å². The van der Waals surface area contributed by atoms with Crippen molar-refractivity contribution in [3.63, 3.8) is 0 Å². The summed E-state index contributed by atoms with van der Waals surface area (Å²) in [4.78, 5) is 4.78. The fourth-order valence-electron chi connectivity index (χ4n) is 11.5. The Hall–Kier alpha value is -7.68. The van der Waals surface area contributed by atoms with Gasteiger partial charge in [0.25, 0.3) is 0 Å². The zero-order chi connectivity index (χ0) is 45.7. The molecule has 2 nitrogen and oxygen atoms in total. The highest BCUT2D eigenvalue weighted by atomic mass is 15.2. The molecule has 2 heteroatoms. The maximum absolute atomic E-state index is 2.52. The van der Waals surface area contributed by atoms with Crippen molar-refractivity contribution < 1.29 is 0 Å². The normalized spacial score (nSPS) is 15.3. The van der Waals surface area contributed by atoms with Crippen molar-refractivity contribution in [1.29, 1.82) is 0 Å². The van der Waals surface area contributed by atoms with Gasteiger partial charge in [0.15, 0.2) is 0 Å². The van der Waals surface area contributed by atoms with Crippen LogP contribution in [0.15, 0.2) is 206 Å².